The van der Waals surface area contributed by atoms with E-state index in [0.29, 0.717) is 5.16 Å². The second-order valence-electron chi connectivity index (χ2n) is 5.62. The molecule has 0 aliphatic carbocycles. The first-order chi connectivity index (χ1) is 11.4. The van der Waals surface area contributed by atoms with Crippen molar-refractivity contribution < 1.29 is 9.53 Å². The number of hydrogen-bond acceptors (Lipinski definition) is 5. The zero-order chi connectivity index (χ0) is 17.7. The van der Waals surface area contributed by atoms with Crippen LogP contribution >= 0.6 is 11.8 Å². The number of nitrogens with one attached hydrogen (secondary N) is 1. The second-order valence-corrected chi connectivity index (χ2v) is 6.56. The SMILES string of the molecule is COc1ccccc1C(C)NC(=O)CSc1nc(C)c(C)c(C)n1. The predicted octanol–water partition coefficient (Wildman–Crippen LogP) is 3.38. The minimum Gasteiger partial charge on any atom is -0.496 e. The molecule has 0 aliphatic heterocycles. The number of rotatable bonds is 6. The molecule has 1 amide bonds. The maximum atomic E-state index is 12.2. The standard InChI is InChI=1S/C18H23N3O2S/c1-11-12(2)20-18(21-13(11)3)24-10-17(22)19-14(4)15-8-6-7-9-16(15)23-5/h6-9,14H,10H2,1-5H3,(H,19,22). The van der Waals surface area contributed by atoms with Crippen LogP contribution in [0.1, 0.15) is 35.5 Å². The number of benzene rings is 1. The predicted molar refractivity (Wildman–Crippen MR) is 96.5 cm³/mol. The van der Waals surface area contributed by atoms with Crippen LogP contribution in [-0.2, 0) is 4.79 Å². The molecule has 24 heavy (non-hydrogen) atoms. The van der Waals surface area contributed by atoms with E-state index in [4.69, 9.17) is 4.74 Å². The Hall–Kier alpha value is -2.08. The Kier molecular flexibility index (Phi) is 6.20. The summed E-state index contributed by atoms with van der Waals surface area (Å²) < 4.78 is 5.34. The Bertz CT molecular complexity index is 711. The summed E-state index contributed by atoms with van der Waals surface area (Å²) in [5.41, 5.74) is 3.95. The van der Waals surface area contributed by atoms with Crippen molar-refractivity contribution in [3.63, 3.8) is 0 Å². The highest BCUT2D eigenvalue weighted by Crippen LogP contribution is 2.24. The van der Waals surface area contributed by atoms with Crippen LogP contribution in [0.5, 0.6) is 5.75 Å². The van der Waals surface area contributed by atoms with Gasteiger partial charge in [0.2, 0.25) is 5.91 Å². The lowest BCUT2D eigenvalue weighted by Crippen LogP contribution is -2.28. The van der Waals surface area contributed by atoms with Gasteiger partial charge in [0.05, 0.1) is 18.9 Å². The highest BCUT2D eigenvalue weighted by Gasteiger charge is 2.14. The third-order valence-corrected chi connectivity index (χ3v) is 4.77. The van der Waals surface area contributed by atoms with Crippen molar-refractivity contribution in [1.29, 1.82) is 0 Å². The molecule has 0 spiro atoms. The van der Waals surface area contributed by atoms with Crippen molar-refractivity contribution in [2.45, 2.75) is 38.9 Å². The van der Waals surface area contributed by atoms with Crippen LogP contribution in [0.3, 0.4) is 0 Å². The van der Waals surface area contributed by atoms with Crippen molar-refractivity contribution in [2.75, 3.05) is 12.9 Å². The number of ether oxygens (including phenoxy) is 1. The normalized spacial score (nSPS) is 11.9. The molecule has 1 aromatic carbocycles. The van der Waals surface area contributed by atoms with E-state index in [-0.39, 0.29) is 17.7 Å². The summed E-state index contributed by atoms with van der Waals surface area (Å²) in [5, 5.41) is 3.62. The van der Waals surface area contributed by atoms with Crippen LogP contribution in [0.15, 0.2) is 29.4 Å². The summed E-state index contributed by atoms with van der Waals surface area (Å²) in [6.45, 7) is 7.85. The second kappa shape index (κ2) is 8.15. The van der Waals surface area contributed by atoms with Crippen LogP contribution in [-0.4, -0.2) is 28.7 Å². The van der Waals surface area contributed by atoms with Gasteiger partial charge in [0.15, 0.2) is 5.16 Å². The van der Waals surface area contributed by atoms with Gasteiger partial charge in [-0.05, 0) is 39.3 Å². The van der Waals surface area contributed by atoms with Crippen LogP contribution in [0.4, 0.5) is 0 Å². The minimum atomic E-state index is -0.128. The highest BCUT2D eigenvalue weighted by molar-refractivity contribution is 7.99. The fourth-order valence-corrected chi connectivity index (χ4v) is 3.07. The van der Waals surface area contributed by atoms with Gasteiger partial charge >= 0.3 is 0 Å². The molecule has 1 aromatic heterocycles. The lowest BCUT2D eigenvalue weighted by Gasteiger charge is -2.17. The van der Waals surface area contributed by atoms with Crippen LogP contribution in [0.25, 0.3) is 0 Å². The van der Waals surface area contributed by atoms with Crippen LogP contribution in [0.2, 0.25) is 0 Å². The van der Waals surface area contributed by atoms with Crippen molar-refractivity contribution in [3.8, 4) is 5.75 Å². The topological polar surface area (TPSA) is 64.1 Å². The minimum absolute atomic E-state index is 0.0575. The molecule has 0 fully saturated rings. The van der Waals surface area contributed by atoms with E-state index in [9.17, 15) is 4.79 Å². The zero-order valence-electron chi connectivity index (χ0n) is 14.7. The molecule has 0 saturated carbocycles. The van der Waals surface area contributed by atoms with E-state index >= 15 is 0 Å². The van der Waals surface area contributed by atoms with E-state index in [0.717, 1.165) is 28.3 Å². The van der Waals surface area contributed by atoms with Gasteiger partial charge in [-0.25, -0.2) is 9.97 Å². The Balaban J connectivity index is 1.96. The summed E-state index contributed by atoms with van der Waals surface area (Å²) in [7, 11) is 1.63. The highest BCUT2D eigenvalue weighted by atomic mass is 32.2. The molecule has 2 aromatic rings. The molecule has 1 heterocycles. The maximum absolute atomic E-state index is 12.2. The molecule has 6 heteroatoms. The van der Waals surface area contributed by atoms with Gasteiger partial charge < -0.3 is 10.1 Å². The molecule has 0 aliphatic rings. The van der Waals surface area contributed by atoms with Crippen molar-refractivity contribution in [2.24, 2.45) is 0 Å². The number of aryl methyl sites for hydroxylation is 2. The lowest BCUT2D eigenvalue weighted by atomic mass is 10.1. The fourth-order valence-electron chi connectivity index (χ4n) is 2.32. The Morgan fingerprint density at radius 2 is 1.83 bits per heavy atom. The Labute approximate surface area is 147 Å². The third-order valence-electron chi connectivity index (χ3n) is 3.93. The fraction of sp³-hybridized carbons (Fsp3) is 0.389. The summed E-state index contributed by atoms with van der Waals surface area (Å²) in [6.07, 6.45) is 0. The molecule has 1 atom stereocenters. The maximum Gasteiger partial charge on any atom is 0.230 e. The summed E-state index contributed by atoms with van der Waals surface area (Å²) >= 11 is 1.35. The number of carbonyl (C=O) groups is 1. The van der Waals surface area contributed by atoms with E-state index in [2.05, 4.69) is 15.3 Å². The van der Waals surface area contributed by atoms with Crippen LogP contribution in [0, 0.1) is 20.8 Å². The summed E-state index contributed by atoms with van der Waals surface area (Å²) in [6, 6.07) is 7.55. The zero-order valence-corrected chi connectivity index (χ0v) is 15.5. The van der Waals surface area contributed by atoms with E-state index < -0.39 is 0 Å². The molecule has 0 saturated heterocycles. The van der Waals surface area contributed by atoms with Crippen LogP contribution < -0.4 is 10.1 Å². The van der Waals surface area contributed by atoms with E-state index in [1.165, 1.54) is 11.8 Å². The molecule has 2 rings (SSSR count). The van der Waals surface area contributed by atoms with Gasteiger partial charge in [0, 0.05) is 17.0 Å². The van der Waals surface area contributed by atoms with Gasteiger partial charge in [-0.1, -0.05) is 30.0 Å². The van der Waals surface area contributed by atoms with Crippen molar-refractivity contribution in [3.05, 3.63) is 46.8 Å². The number of carbonyl (C=O) groups excluding carboxylic acids is 1. The summed E-state index contributed by atoms with van der Waals surface area (Å²) in [4.78, 5) is 21.1. The monoisotopic (exact) mass is 345 g/mol. The first kappa shape index (κ1) is 18.3. The first-order valence-corrected chi connectivity index (χ1v) is 8.77. The molecular formula is C18H23N3O2S. The number of aromatic nitrogens is 2. The average Bonchev–Trinajstić information content (AvgIpc) is 2.57. The van der Waals surface area contributed by atoms with E-state index in [1.54, 1.807) is 7.11 Å². The number of nitrogens with zero attached hydrogens (tertiary/aromatic N) is 2. The molecule has 1 N–H and O–H groups in total. The molecule has 0 radical (unpaired) electrons. The van der Waals surface area contributed by atoms with Gasteiger partial charge in [-0.2, -0.15) is 0 Å². The number of methoxy groups -OCH3 is 1. The molecular weight excluding hydrogens is 322 g/mol. The van der Waals surface area contributed by atoms with Crippen molar-refractivity contribution in [1.82, 2.24) is 15.3 Å². The third kappa shape index (κ3) is 4.47. The number of amides is 1. The van der Waals surface area contributed by atoms with Crippen molar-refractivity contribution >= 4 is 17.7 Å². The van der Waals surface area contributed by atoms with Gasteiger partial charge in [-0.15, -0.1) is 0 Å². The van der Waals surface area contributed by atoms with Gasteiger partial charge in [0.25, 0.3) is 0 Å². The molecule has 1 unspecified atom stereocenters. The Morgan fingerprint density at radius 3 is 2.46 bits per heavy atom. The van der Waals surface area contributed by atoms with E-state index in [1.807, 2.05) is 52.0 Å². The summed E-state index contributed by atoms with van der Waals surface area (Å²) in [5.74, 6) is 0.991. The smallest absolute Gasteiger partial charge is 0.230 e. The quantitative estimate of drug-likeness (QED) is 0.642. The number of para-hydroxylation sites is 1. The molecule has 128 valence electrons. The lowest BCUT2D eigenvalue weighted by molar-refractivity contribution is -0.119. The van der Waals surface area contributed by atoms with Gasteiger partial charge in [-0.3, -0.25) is 4.79 Å². The number of thioether (sulfide) groups is 1. The molecule has 5 nitrogen and oxygen atoms in total. The largest absolute Gasteiger partial charge is 0.496 e. The van der Waals surface area contributed by atoms with Gasteiger partial charge in [0.1, 0.15) is 5.75 Å². The Morgan fingerprint density at radius 1 is 1.21 bits per heavy atom. The molecule has 0 bridgehead atoms. The first-order valence-electron chi connectivity index (χ1n) is 7.79. The number of hydrogen-bond donors (Lipinski definition) is 1. The average molecular weight is 345 g/mol.